The van der Waals surface area contributed by atoms with Crippen LogP contribution in [0.2, 0.25) is 0 Å². The van der Waals surface area contributed by atoms with Crippen LogP contribution < -0.4 is 0 Å². The third kappa shape index (κ3) is 7.40. The Bertz CT molecular complexity index is 1320. The minimum Gasteiger partial charge on any atom is -0.432 e. The molecule has 11 N–H and O–H groups in total. The van der Waals surface area contributed by atoms with Crippen LogP contribution in [0.4, 0.5) is 0 Å². The number of aliphatic hydroxyl groups excluding tert-OH is 11. The molecule has 0 bridgehead atoms. The summed E-state index contributed by atoms with van der Waals surface area (Å²) in [6, 6.07) is 0. The molecular formula is C36H58O18. The van der Waals surface area contributed by atoms with Gasteiger partial charge < -0.3 is 84.6 Å². The molecule has 6 aliphatic rings. The molecule has 3 aliphatic heterocycles. The van der Waals surface area contributed by atoms with Crippen molar-refractivity contribution >= 4 is 5.97 Å². The number of hydrogen-bond donors (Lipinski definition) is 11. The monoisotopic (exact) mass is 778 g/mol. The first-order chi connectivity index (χ1) is 25.5. The standard InChI is InChI=1S/C36H58O18/c1-14-9-15-5-6-21-35(2,7-4-8-36(21,3)34(48)54-32-29(47)26(44)23(41)19(12-38)51-32)16(15)10-17(14)49-33-30(27(45)24(42)20(13-39)52-33)53-31-28(46)25(43)22(40)18(11-37)50-31/h15-33,37-47H,1,4-13H2,2-3H3/t15?,16-,17?,18?,19?,20?,21?,22?,23?,24?,25?,26?,27?,28?,29?,30?,31?,32?,33?,35+,36-/m1/s1. The zero-order valence-corrected chi connectivity index (χ0v) is 30.5. The first-order valence-corrected chi connectivity index (χ1v) is 18.9. The number of aliphatic hydroxyl groups is 11. The van der Waals surface area contributed by atoms with Gasteiger partial charge in [-0.05, 0) is 74.2 Å². The molecule has 0 amide bonds. The predicted octanol–water partition coefficient (Wildman–Crippen LogP) is -3.47. The third-order valence-corrected chi connectivity index (χ3v) is 13.5. The van der Waals surface area contributed by atoms with Gasteiger partial charge in [-0.3, -0.25) is 4.79 Å². The van der Waals surface area contributed by atoms with E-state index in [1.165, 1.54) is 0 Å². The summed E-state index contributed by atoms with van der Waals surface area (Å²) >= 11 is 0. The van der Waals surface area contributed by atoms with Gasteiger partial charge in [-0.2, -0.15) is 0 Å². The van der Waals surface area contributed by atoms with Crippen LogP contribution in [0.15, 0.2) is 12.2 Å². The molecule has 3 aliphatic carbocycles. The van der Waals surface area contributed by atoms with Crippen LogP contribution in [-0.4, -0.2) is 180 Å². The number of carbonyl (C=O) groups is 1. The lowest BCUT2D eigenvalue weighted by Crippen LogP contribution is -2.65. The molecule has 0 aromatic carbocycles. The Hall–Kier alpha value is -1.43. The average Bonchev–Trinajstić information content (AvgIpc) is 3.14. The molecule has 3 saturated carbocycles. The fourth-order valence-electron chi connectivity index (χ4n) is 10.3. The minimum absolute atomic E-state index is 0.0102. The van der Waals surface area contributed by atoms with Gasteiger partial charge >= 0.3 is 5.97 Å². The molecule has 18 nitrogen and oxygen atoms in total. The Balaban J connectivity index is 1.20. The molecule has 0 spiro atoms. The van der Waals surface area contributed by atoms with E-state index < -0.39 is 135 Å². The maximum atomic E-state index is 14.0. The first-order valence-electron chi connectivity index (χ1n) is 18.9. The summed E-state index contributed by atoms with van der Waals surface area (Å²) < 4.78 is 35.0. The van der Waals surface area contributed by atoms with Gasteiger partial charge in [-0.25, -0.2) is 0 Å². The lowest BCUT2D eigenvalue weighted by Gasteiger charge is -2.61. The van der Waals surface area contributed by atoms with Gasteiger partial charge in [0.05, 0.1) is 31.3 Å². The largest absolute Gasteiger partial charge is 0.432 e. The van der Waals surface area contributed by atoms with Crippen LogP contribution in [0.5, 0.6) is 0 Å². The van der Waals surface area contributed by atoms with Gasteiger partial charge in [0.15, 0.2) is 12.6 Å². The van der Waals surface area contributed by atoms with Crippen molar-refractivity contribution < 1.29 is 89.4 Å². The van der Waals surface area contributed by atoms with Crippen LogP contribution in [0.25, 0.3) is 0 Å². The van der Waals surface area contributed by atoms with E-state index in [9.17, 15) is 61.0 Å². The second kappa shape index (κ2) is 16.4. The zero-order valence-electron chi connectivity index (χ0n) is 30.5. The van der Waals surface area contributed by atoms with Gasteiger partial charge in [-0.15, -0.1) is 0 Å². The van der Waals surface area contributed by atoms with E-state index in [2.05, 4.69) is 13.5 Å². The fourth-order valence-corrected chi connectivity index (χ4v) is 10.3. The number of hydrogen-bond acceptors (Lipinski definition) is 18. The summed E-state index contributed by atoms with van der Waals surface area (Å²) in [6.45, 7) is 6.19. The highest BCUT2D eigenvalue weighted by Gasteiger charge is 2.61. The van der Waals surface area contributed by atoms with Crippen molar-refractivity contribution in [2.75, 3.05) is 19.8 Å². The van der Waals surface area contributed by atoms with Crippen molar-refractivity contribution in [2.45, 2.75) is 157 Å². The van der Waals surface area contributed by atoms with Crippen LogP contribution in [-0.2, 0) is 33.2 Å². The Kier molecular flexibility index (Phi) is 12.8. The molecule has 0 aromatic rings. The summed E-state index contributed by atoms with van der Waals surface area (Å²) in [5.74, 6) is -0.633. The smallest absolute Gasteiger partial charge is 0.314 e. The predicted molar refractivity (Wildman–Crippen MR) is 179 cm³/mol. The number of rotatable bonds is 9. The Morgan fingerprint density at radius 2 is 1.24 bits per heavy atom. The molecule has 54 heavy (non-hydrogen) atoms. The van der Waals surface area contributed by atoms with Crippen LogP contribution in [0.3, 0.4) is 0 Å². The molecule has 18 heteroatoms. The van der Waals surface area contributed by atoms with Crippen molar-refractivity contribution in [1.29, 1.82) is 0 Å². The van der Waals surface area contributed by atoms with E-state index in [-0.39, 0.29) is 17.8 Å². The molecule has 3 heterocycles. The fraction of sp³-hybridized carbons (Fsp3) is 0.917. The summed E-state index contributed by atoms with van der Waals surface area (Å²) in [7, 11) is 0. The molecule has 310 valence electrons. The van der Waals surface area contributed by atoms with E-state index in [0.717, 1.165) is 18.4 Å². The van der Waals surface area contributed by atoms with E-state index in [1.54, 1.807) is 0 Å². The molecule has 6 rings (SSSR count). The lowest BCUT2D eigenvalue weighted by atomic mass is 9.44. The molecule has 0 aromatic heterocycles. The highest BCUT2D eigenvalue weighted by molar-refractivity contribution is 5.77. The first kappa shape index (κ1) is 42.2. The number of carbonyl (C=O) groups excluding carboxylic acids is 1. The van der Waals surface area contributed by atoms with Crippen molar-refractivity contribution in [3.8, 4) is 0 Å². The van der Waals surface area contributed by atoms with Crippen LogP contribution >= 0.6 is 0 Å². The summed E-state index contributed by atoms with van der Waals surface area (Å²) in [5.41, 5.74) is -0.710. The number of fused-ring (bicyclic) bond motifs is 3. The highest BCUT2D eigenvalue weighted by atomic mass is 16.8. The summed E-state index contributed by atoms with van der Waals surface area (Å²) in [5, 5.41) is 113. The second-order valence-electron chi connectivity index (χ2n) is 16.6. The Labute approximate surface area is 312 Å². The van der Waals surface area contributed by atoms with Crippen molar-refractivity contribution in [1.82, 2.24) is 0 Å². The second-order valence-corrected chi connectivity index (χ2v) is 16.6. The van der Waals surface area contributed by atoms with E-state index >= 15 is 0 Å². The van der Waals surface area contributed by atoms with Gasteiger partial charge in [0.25, 0.3) is 0 Å². The minimum atomic E-state index is -1.82. The van der Waals surface area contributed by atoms with E-state index in [0.29, 0.717) is 32.1 Å². The molecule has 3 saturated heterocycles. The molecule has 18 unspecified atom stereocenters. The lowest BCUT2D eigenvalue weighted by molar-refractivity contribution is -0.371. The quantitative estimate of drug-likeness (QED) is 0.0616. The van der Waals surface area contributed by atoms with E-state index in [4.69, 9.17) is 28.4 Å². The van der Waals surface area contributed by atoms with Gasteiger partial charge in [0.2, 0.25) is 6.29 Å². The SMILES string of the molecule is C=C1CC2CCC3[C@](C)(C(=O)OC4OC(CO)C(O)C(O)C4O)CCC[C@@]3(C)[C@@H]2CC1OC1OC(CO)C(O)C(O)C1OC1OC(CO)C(O)C(O)C1O. The maximum absolute atomic E-state index is 14.0. The third-order valence-electron chi connectivity index (χ3n) is 13.5. The molecular weight excluding hydrogens is 720 g/mol. The van der Waals surface area contributed by atoms with Crippen molar-refractivity contribution in [3.63, 3.8) is 0 Å². The molecule has 21 atom stereocenters. The van der Waals surface area contributed by atoms with Gasteiger partial charge in [-0.1, -0.05) is 19.9 Å². The van der Waals surface area contributed by atoms with Crippen LogP contribution in [0, 0.1) is 28.6 Å². The summed E-state index contributed by atoms with van der Waals surface area (Å²) in [4.78, 5) is 14.0. The maximum Gasteiger partial charge on any atom is 0.314 e. The highest BCUT2D eigenvalue weighted by Crippen LogP contribution is 2.64. The zero-order chi connectivity index (χ0) is 39.4. The number of ether oxygens (including phenoxy) is 6. The van der Waals surface area contributed by atoms with Gasteiger partial charge in [0.1, 0.15) is 73.2 Å². The Morgan fingerprint density at radius 3 is 1.83 bits per heavy atom. The Morgan fingerprint density at radius 1 is 0.704 bits per heavy atom. The summed E-state index contributed by atoms with van der Waals surface area (Å²) in [6.07, 6.45) is -20.1. The van der Waals surface area contributed by atoms with Crippen LogP contribution in [0.1, 0.15) is 58.8 Å². The molecule has 0 radical (unpaired) electrons. The number of esters is 1. The van der Waals surface area contributed by atoms with Crippen molar-refractivity contribution in [3.05, 3.63) is 12.2 Å². The topological polar surface area (TPSA) is 295 Å². The van der Waals surface area contributed by atoms with E-state index in [1.807, 2.05) is 6.92 Å². The normalized spacial score (nSPS) is 52.6. The van der Waals surface area contributed by atoms with Gasteiger partial charge in [0, 0.05) is 0 Å². The van der Waals surface area contributed by atoms with Crippen molar-refractivity contribution in [2.24, 2.45) is 28.6 Å². The average molecular weight is 779 g/mol. The molecule has 6 fully saturated rings.